The number of nitrogens with one attached hydrogen (secondary N) is 2. The first-order chi connectivity index (χ1) is 12.2. The van der Waals surface area contributed by atoms with Gasteiger partial charge in [0.25, 0.3) is 5.91 Å². The Bertz CT molecular complexity index is 597. The van der Waals surface area contributed by atoms with Gasteiger partial charge in [0, 0.05) is 6.42 Å². The maximum absolute atomic E-state index is 11.8. The Kier molecular flexibility index (Phi) is 9.70. The number of hydrogen-bond acceptors (Lipinski definition) is 3. The summed E-state index contributed by atoms with van der Waals surface area (Å²) in [7, 11) is 0. The molecule has 146 valence electrons. The molecule has 0 aliphatic rings. The second-order valence-electron chi connectivity index (χ2n) is 7.44. The first kappa shape index (κ1) is 22.5. The summed E-state index contributed by atoms with van der Waals surface area (Å²) in [4.78, 5) is 23.5. The molecule has 0 atom stereocenters. The minimum Gasteiger partial charge on any atom is -0.483 e. The van der Waals surface area contributed by atoms with Gasteiger partial charge in [-0.2, -0.15) is 0 Å². The molecule has 0 bridgehead atoms. The predicted octanol–water partition coefficient (Wildman–Crippen LogP) is 4.63. The van der Waals surface area contributed by atoms with E-state index < -0.39 is 5.91 Å². The second kappa shape index (κ2) is 11.2. The van der Waals surface area contributed by atoms with E-state index in [-0.39, 0.29) is 17.9 Å². The molecular formula is C20H31BrN2O3. The molecule has 5 nitrogen and oxygen atoms in total. The van der Waals surface area contributed by atoms with Crippen molar-refractivity contribution in [1.29, 1.82) is 0 Å². The normalized spacial score (nSPS) is 11.1. The molecule has 26 heavy (non-hydrogen) atoms. The standard InChI is InChI=1S/C20H31BrN2O3/c1-5-6-7-8-9-10-18(24)22-23-19(25)14-26-17-12-11-15(13-16(17)21)20(2,3)4/h11-13H,5-10,14H2,1-4H3,(H,22,24)(H,23,25). The van der Waals surface area contributed by atoms with Crippen LogP contribution in [0.15, 0.2) is 22.7 Å². The van der Waals surface area contributed by atoms with Gasteiger partial charge in [0.15, 0.2) is 6.61 Å². The summed E-state index contributed by atoms with van der Waals surface area (Å²) >= 11 is 3.47. The molecule has 1 rings (SSSR count). The van der Waals surface area contributed by atoms with Crippen LogP contribution in [0.5, 0.6) is 5.75 Å². The number of carbonyl (C=O) groups excluding carboxylic acids is 2. The highest BCUT2D eigenvalue weighted by molar-refractivity contribution is 9.10. The Morgan fingerprint density at radius 1 is 1.04 bits per heavy atom. The number of benzene rings is 1. The van der Waals surface area contributed by atoms with Crippen LogP contribution in [0.1, 0.15) is 71.8 Å². The van der Waals surface area contributed by atoms with Gasteiger partial charge in [-0.1, -0.05) is 59.4 Å². The number of rotatable bonds is 9. The van der Waals surface area contributed by atoms with Gasteiger partial charge in [0.1, 0.15) is 5.75 Å². The molecule has 0 aliphatic heterocycles. The zero-order valence-electron chi connectivity index (χ0n) is 16.3. The van der Waals surface area contributed by atoms with Crippen LogP contribution >= 0.6 is 15.9 Å². The lowest BCUT2D eigenvalue weighted by molar-refractivity contribution is -0.130. The van der Waals surface area contributed by atoms with Crippen LogP contribution in [-0.4, -0.2) is 18.4 Å². The predicted molar refractivity (Wildman–Crippen MR) is 108 cm³/mol. The maximum atomic E-state index is 11.8. The van der Waals surface area contributed by atoms with Gasteiger partial charge in [0.2, 0.25) is 5.91 Å². The van der Waals surface area contributed by atoms with E-state index >= 15 is 0 Å². The van der Waals surface area contributed by atoms with E-state index in [1.807, 2.05) is 18.2 Å². The van der Waals surface area contributed by atoms with E-state index in [1.54, 1.807) is 0 Å². The topological polar surface area (TPSA) is 67.4 Å². The summed E-state index contributed by atoms with van der Waals surface area (Å²) in [6.45, 7) is 8.39. The number of carbonyl (C=O) groups is 2. The van der Waals surface area contributed by atoms with E-state index in [1.165, 1.54) is 18.4 Å². The Hall–Kier alpha value is -1.56. The van der Waals surface area contributed by atoms with E-state index in [4.69, 9.17) is 4.74 Å². The molecule has 0 spiro atoms. The zero-order chi connectivity index (χ0) is 19.6. The highest BCUT2D eigenvalue weighted by Crippen LogP contribution is 2.31. The van der Waals surface area contributed by atoms with Crippen molar-refractivity contribution in [3.63, 3.8) is 0 Å². The molecule has 0 aliphatic carbocycles. The molecule has 0 saturated carbocycles. The van der Waals surface area contributed by atoms with Crippen molar-refractivity contribution in [2.24, 2.45) is 0 Å². The van der Waals surface area contributed by atoms with Gasteiger partial charge in [-0.3, -0.25) is 20.4 Å². The van der Waals surface area contributed by atoms with Crippen LogP contribution in [0.3, 0.4) is 0 Å². The zero-order valence-corrected chi connectivity index (χ0v) is 17.9. The number of hydrogen-bond donors (Lipinski definition) is 2. The Morgan fingerprint density at radius 3 is 2.31 bits per heavy atom. The molecule has 6 heteroatoms. The van der Waals surface area contributed by atoms with Crippen LogP contribution < -0.4 is 15.6 Å². The molecule has 2 amide bonds. The number of unbranched alkanes of at least 4 members (excludes halogenated alkanes) is 4. The van der Waals surface area contributed by atoms with Crippen molar-refractivity contribution in [2.45, 2.75) is 71.6 Å². The lowest BCUT2D eigenvalue weighted by Gasteiger charge is -2.20. The lowest BCUT2D eigenvalue weighted by Crippen LogP contribution is -2.43. The Balaban J connectivity index is 2.31. The largest absolute Gasteiger partial charge is 0.483 e. The van der Waals surface area contributed by atoms with E-state index in [0.717, 1.165) is 23.7 Å². The van der Waals surface area contributed by atoms with Gasteiger partial charge >= 0.3 is 0 Å². The van der Waals surface area contributed by atoms with Gasteiger partial charge in [-0.25, -0.2) is 0 Å². The minimum atomic E-state index is -0.392. The fourth-order valence-corrected chi connectivity index (χ4v) is 2.85. The van der Waals surface area contributed by atoms with Crippen molar-refractivity contribution >= 4 is 27.7 Å². The highest BCUT2D eigenvalue weighted by Gasteiger charge is 2.15. The number of ether oxygens (including phenoxy) is 1. The fourth-order valence-electron chi connectivity index (χ4n) is 2.35. The SMILES string of the molecule is CCCCCCCC(=O)NNC(=O)COc1ccc(C(C)(C)C)cc1Br. The van der Waals surface area contributed by atoms with Crippen LogP contribution in [0, 0.1) is 0 Å². The molecule has 1 aromatic carbocycles. The third kappa shape index (κ3) is 8.70. The molecular weight excluding hydrogens is 396 g/mol. The number of halogens is 1. The van der Waals surface area contributed by atoms with E-state index in [2.05, 4.69) is 54.5 Å². The highest BCUT2D eigenvalue weighted by atomic mass is 79.9. The van der Waals surface area contributed by atoms with Crippen LogP contribution in [-0.2, 0) is 15.0 Å². The second-order valence-corrected chi connectivity index (χ2v) is 8.30. The van der Waals surface area contributed by atoms with Crippen molar-refractivity contribution in [2.75, 3.05) is 6.61 Å². The lowest BCUT2D eigenvalue weighted by atomic mass is 9.87. The Labute approximate surface area is 165 Å². The first-order valence-electron chi connectivity index (χ1n) is 9.24. The van der Waals surface area contributed by atoms with Crippen LogP contribution in [0.25, 0.3) is 0 Å². The third-order valence-electron chi connectivity index (χ3n) is 4.01. The first-order valence-corrected chi connectivity index (χ1v) is 10.0. The van der Waals surface area contributed by atoms with Crippen molar-refractivity contribution in [3.8, 4) is 5.75 Å². The van der Waals surface area contributed by atoms with E-state index in [9.17, 15) is 9.59 Å². The summed E-state index contributed by atoms with van der Waals surface area (Å²) in [5, 5.41) is 0. The smallest absolute Gasteiger partial charge is 0.276 e. The molecule has 0 heterocycles. The average molecular weight is 427 g/mol. The summed E-state index contributed by atoms with van der Waals surface area (Å²) in [6.07, 6.45) is 5.82. The average Bonchev–Trinajstić information content (AvgIpc) is 2.57. The fraction of sp³-hybridized carbons (Fsp3) is 0.600. The van der Waals surface area contributed by atoms with Crippen molar-refractivity contribution in [1.82, 2.24) is 10.9 Å². The summed E-state index contributed by atoms with van der Waals surface area (Å²) in [5.41, 5.74) is 6.02. The number of amides is 2. The molecule has 0 unspecified atom stereocenters. The summed E-state index contributed by atoms with van der Waals surface area (Å²) in [6, 6.07) is 5.82. The summed E-state index contributed by atoms with van der Waals surface area (Å²) < 4.78 is 6.31. The molecule has 2 N–H and O–H groups in total. The minimum absolute atomic E-state index is 0.0409. The molecule has 0 saturated heterocycles. The van der Waals surface area contributed by atoms with Crippen LogP contribution in [0.2, 0.25) is 0 Å². The molecule has 1 aromatic rings. The molecule has 0 radical (unpaired) electrons. The van der Waals surface area contributed by atoms with E-state index in [0.29, 0.717) is 12.2 Å². The molecule has 0 fully saturated rings. The van der Waals surface area contributed by atoms with Crippen molar-refractivity contribution in [3.05, 3.63) is 28.2 Å². The molecule has 0 aromatic heterocycles. The monoisotopic (exact) mass is 426 g/mol. The van der Waals surface area contributed by atoms with Crippen molar-refractivity contribution < 1.29 is 14.3 Å². The Morgan fingerprint density at radius 2 is 1.69 bits per heavy atom. The number of hydrazine groups is 1. The summed E-state index contributed by atoms with van der Waals surface area (Å²) in [5.74, 6) is 0.0251. The van der Waals surface area contributed by atoms with Gasteiger partial charge in [-0.05, 0) is 45.5 Å². The maximum Gasteiger partial charge on any atom is 0.276 e. The van der Waals surface area contributed by atoms with Gasteiger partial charge in [-0.15, -0.1) is 0 Å². The van der Waals surface area contributed by atoms with Gasteiger partial charge < -0.3 is 4.74 Å². The third-order valence-corrected chi connectivity index (χ3v) is 4.63. The van der Waals surface area contributed by atoms with Crippen LogP contribution in [0.4, 0.5) is 0 Å². The quantitative estimate of drug-likeness (QED) is 0.446. The van der Waals surface area contributed by atoms with Gasteiger partial charge in [0.05, 0.1) is 4.47 Å².